The van der Waals surface area contributed by atoms with Gasteiger partial charge in [0, 0.05) is 41.7 Å². The van der Waals surface area contributed by atoms with Crippen LogP contribution < -0.4 is 4.74 Å². The van der Waals surface area contributed by atoms with Crippen molar-refractivity contribution in [2.45, 2.75) is 45.8 Å². The van der Waals surface area contributed by atoms with Gasteiger partial charge in [-0.15, -0.1) is 0 Å². The van der Waals surface area contributed by atoms with Crippen LogP contribution in [0.3, 0.4) is 0 Å². The van der Waals surface area contributed by atoms with Crippen molar-refractivity contribution in [2.75, 3.05) is 19.8 Å². The maximum absolute atomic E-state index is 12.7. The van der Waals surface area contributed by atoms with Gasteiger partial charge in [0.2, 0.25) is 5.88 Å². The van der Waals surface area contributed by atoms with E-state index in [0.717, 1.165) is 19.6 Å². The standard InChI is InChI=1S/C17H24N2O3/c1-16(2)11-19(17(16,3)4)15(20)12-5-7-18-14(9-12)22-13-6-8-21-10-13/h5,7,9,13H,6,8,10-11H2,1-4H3/t13-/m0/s1. The van der Waals surface area contributed by atoms with E-state index in [0.29, 0.717) is 18.1 Å². The summed E-state index contributed by atoms with van der Waals surface area (Å²) in [5.74, 6) is 0.540. The zero-order chi connectivity index (χ0) is 16.0. The maximum Gasteiger partial charge on any atom is 0.254 e. The van der Waals surface area contributed by atoms with Crippen molar-refractivity contribution in [3.05, 3.63) is 23.9 Å². The van der Waals surface area contributed by atoms with Crippen LogP contribution in [0, 0.1) is 5.41 Å². The average molecular weight is 304 g/mol. The summed E-state index contributed by atoms with van der Waals surface area (Å²) in [4.78, 5) is 18.9. The highest BCUT2D eigenvalue weighted by Crippen LogP contribution is 2.46. The Balaban J connectivity index is 1.73. The van der Waals surface area contributed by atoms with Crippen molar-refractivity contribution in [3.63, 3.8) is 0 Å². The molecule has 2 aliphatic heterocycles. The van der Waals surface area contributed by atoms with E-state index < -0.39 is 0 Å². The lowest BCUT2D eigenvalue weighted by Gasteiger charge is -2.61. The third-order valence-corrected chi connectivity index (χ3v) is 5.29. The smallest absolute Gasteiger partial charge is 0.254 e. The summed E-state index contributed by atoms with van der Waals surface area (Å²) in [5, 5.41) is 0. The molecule has 22 heavy (non-hydrogen) atoms. The first-order chi connectivity index (χ1) is 10.3. The highest BCUT2D eigenvalue weighted by Gasteiger charge is 2.54. The first kappa shape index (κ1) is 15.3. The molecule has 5 nitrogen and oxygen atoms in total. The minimum atomic E-state index is -0.145. The van der Waals surface area contributed by atoms with Crippen molar-refractivity contribution < 1.29 is 14.3 Å². The first-order valence-corrected chi connectivity index (χ1v) is 7.84. The van der Waals surface area contributed by atoms with E-state index in [4.69, 9.17) is 9.47 Å². The topological polar surface area (TPSA) is 51.7 Å². The fraction of sp³-hybridized carbons (Fsp3) is 0.647. The SMILES string of the molecule is CC1(C)CN(C(=O)c2ccnc(O[C@H]3CCOC3)c2)C1(C)C. The van der Waals surface area contributed by atoms with E-state index in [-0.39, 0.29) is 23.0 Å². The number of pyridine rings is 1. The summed E-state index contributed by atoms with van der Waals surface area (Å²) in [6, 6.07) is 3.49. The molecule has 3 rings (SSSR count). The first-order valence-electron chi connectivity index (χ1n) is 7.84. The summed E-state index contributed by atoms with van der Waals surface area (Å²) in [7, 11) is 0. The molecule has 1 atom stereocenters. The zero-order valence-corrected chi connectivity index (χ0v) is 13.8. The number of carbonyl (C=O) groups excluding carboxylic acids is 1. The van der Waals surface area contributed by atoms with Crippen molar-refractivity contribution in [1.82, 2.24) is 9.88 Å². The number of ether oxygens (including phenoxy) is 2. The minimum absolute atomic E-state index is 0.0391. The normalized spacial score (nSPS) is 25.6. The number of hydrogen-bond donors (Lipinski definition) is 0. The molecular weight excluding hydrogens is 280 g/mol. The Morgan fingerprint density at radius 1 is 1.41 bits per heavy atom. The number of nitrogens with zero attached hydrogens (tertiary/aromatic N) is 2. The van der Waals surface area contributed by atoms with E-state index >= 15 is 0 Å². The van der Waals surface area contributed by atoms with Crippen molar-refractivity contribution in [1.29, 1.82) is 0 Å². The Bertz CT molecular complexity index is 577. The predicted octanol–water partition coefficient (Wildman–Crippen LogP) is 2.51. The molecule has 120 valence electrons. The van der Waals surface area contributed by atoms with Gasteiger partial charge in [0.05, 0.1) is 13.2 Å². The van der Waals surface area contributed by atoms with E-state index in [2.05, 4.69) is 32.7 Å². The zero-order valence-electron chi connectivity index (χ0n) is 13.8. The van der Waals surface area contributed by atoms with Crippen LogP contribution in [-0.4, -0.2) is 47.2 Å². The molecule has 0 spiro atoms. The van der Waals surface area contributed by atoms with Gasteiger partial charge in [-0.3, -0.25) is 4.79 Å². The van der Waals surface area contributed by atoms with Gasteiger partial charge in [-0.2, -0.15) is 0 Å². The van der Waals surface area contributed by atoms with Crippen molar-refractivity contribution in [3.8, 4) is 5.88 Å². The molecule has 0 saturated carbocycles. The van der Waals surface area contributed by atoms with Crippen LogP contribution in [0.15, 0.2) is 18.3 Å². The molecule has 0 N–H and O–H groups in total. The maximum atomic E-state index is 12.7. The highest BCUT2D eigenvalue weighted by molar-refractivity contribution is 5.95. The molecule has 1 amide bonds. The molecule has 0 radical (unpaired) electrons. The number of amides is 1. The second kappa shape index (κ2) is 5.23. The lowest BCUT2D eigenvalue weighted by molar-refractivity contribution is -0.0881. The minimum Gasteiger partial charge on any atom is -0.472 e. The van der Waals surface area contributed by atoms with E-state index in [9.17, 15) is 4.79 Å². The van der Waals surface area contributed by atoms with Crippen molar-refractivity contribution >= 4 is 5.91 Å². The van der Waals surface area contributed by atoms with Crippen LogP contribution in [0.2, 0.25) is 0 Å². The molecule has 1 aromatic rings. The van der Waals surface area contributed by atoms with E-state index in [1.807, 2.05) is 4.90 Å². The van der Waals surface area contributed by atoms with Crippen LogP contribution in [0.5, 0.6) is 5.88 Å². The van der Waals surface area contributed by atoms with E-state index in [1.54, 1.807) is 18.3 Å². The molecule has 2 fully saturated rings. The molecular formula is C17H24N2O3. The van der Waals surface area contributed by atoms with Crippen LogP contribution >= 0.6 is 0 Å². The van der Waals surface area contributed by atoms with Crippen LogP contribution in [0.25, 0.3) is 0 Å². The summed E-state index contributed by atoms with van der Waals surface area (Å²) in [5.41, 5.74) is 0.622. The summed E-state index contributed by atoms with van der Waals surface area (Å²) < 4.78 is 11.1. The van der Waals surface area contributed by atoms with Crippen LogP contribution in [-0.2, 0) is 4.74 Å². The second-order valence-corrected chi connectivity index (χ2v) is 7.32. The number of rotatable bonds is 3. The molecule has 1 aromatic heterocycles. The van der Waals surface area contributed by atoms with Gasteiger partial charge in [-0.25, -0.2) is 4.98 Å². The van der Waals surface area contributed by atoms with Gasteiger partial charge in [0.25, 0.3) is 5.91 Å². The Kier molecular flexibility index (Phi) is 3.63. The third-order valence-electron chi connectivity index (χ3n) is 5.29. The molecule has 0 aromatic carbocycles. The molecule has 5 heteroatoms. The van der Waals surface area contributed by atoms with E-state index in [1.165, 1.54) is 0 Å². The number of hydrogen-bond acceptors (Lipinski definition) is 4. The monoisotopic (exact) mass is 304 g/mol. The molecule has 2 saturated heterocycles. The van der Waals surface area contributed by atoms with Crippen LogP contribution in [0.1, 0.15) is 44.5 Å². The lowest BCUT2D eigenvalue weighted by atomic mass is 9.65. The average Bonchev–Trinajstić information content (AvgIpc) is 2.97. The fourth-order valence-electron chi connectivity index (χ4n) is 2.93. The third kappa shape index (κ3) is 2.47. The van der Waals surface area contributed by atoms with Crippen LogP contribution in [0.4, 0.5) is 0 Å². The number of likely N-dealkylation sites (tertiary alicyclic amines) is 1. The lowest BCUT2D eigenvalue weighted by Crippen LogP contribution is -2.70. The van der Waals surface area contributed by atoms with Gasteiger partial charge >= 0.3 is 0 Å². The fourth-order valence-corrected chi connectivity index (χ4v) is 2.93. The number of carbonyl (C=O) groups is 1. The molecule has 2 aliphatic rings. The van der Waals surface area contributed by atoms with Gasteiger partial charge < -0.3 is 14.4 Å². The molecule has 0 aliphatic carbocycles. The summed E-state index contributed by atoms with van der Waals surface area (Å²) in [6.07, 6.45) is 2.54. The molecule has 0 bridgehead atoms. The predicted molar refractivity (Wildman–Crippen MR) is 83.0 cm³/mol. The Morgan fingerprint density at radius 2 is 2.18 bits per heavy atom. The quantitative estimate of drug-likeness (QED) is 0.861. The highest BCUT2D eigenvalue weighted by atomic mass is 16.5. The van der Waals surface area contributed by atoms with Gasteiger partial charge in [0.1, 0.15) is 6.10 Å². The second-order valence-electron chi connectivity index (χ2n) is 7.32. The van der Waals surface area contributed by atoms with Gasteiger partial charge in [-0.05, 0) is 19.9 Å². The Hall–Kier alpha value is -1.62. The largest absolute Gasteiger partial charge is 0.472 e. The Morgan fingerprint density at radius 3 is 2.77 bits per heavy atom. The van der Waals surface area contributed by atoms with Gasteiger partial charge in [-0.1, -0.05) is 13.8 Å². The number of aromatic nitrogens is 1. The summed E-state index contributed by atoms with van der Waals surface area (Å²) in [6.45, 7) is 10.7. The molecule has 0 unspecified atom stereocenters. The molecule has 3 heterocycles. The Labute approximate surface area is 131 Å². The van der Waals surface area contributed by atoms with Gasteiger partial charge in [0.15, 0.2) is 0 Å². The summed E-state index contributed by atoms with van der Waals surface area (Å²) >= 11 is 0. The van der Waals surface area contributed by atoms with Crippen molar-refractivity contribution in [2.24, 2.45) is 5.41 Å².